The molecule has 0 aliphatic heterocycles. The van der Waals surface area contributed by atoms with E-state index in [2.05, 4.69) is 39.4 Å². The number of hydrogen-bond donors (Lipinski definition) is 1. The molecule has 0 aliphatic rings. The maximum Gasteiger partial charge on any atom is 0.223 e. The Bertz CT molecular complexity index is 664. The first-order valence-corrected chi connectivity index (χ1v) is 6.46. The molecule has 2 aromatic heterocycles. The van der Waals surface area contributed by atoms with Crippen LogP contribution in [0, 0.1) is 0 Å². The van der Waals surface area contributed by atoms with Crippen LogP contribution in [0.2, 0.25) is 0 Å². The number of aromatic nitrogens is 4. The number of hydrogen-bond acceptors (Lipinski definition) is 4. The minimum Gasteiger partial charge on any atom is -0.348 e. The molecule has 5 heteroatoms. The third-order valence-electron chi connectivity index (χ3n) is 3.05. The fourth-order valence-electron chi connectivity index (χ4n) is 2.01. The lowest BCUT2D eigenvalue weighted by Gasteiger charge is -2.15. The Labute approximate surface area is 117 Å². The zero-order valence-electron chi connectivity index (χ0n) is 11.1. The molecular formula is C15H15N5. The molecule has 0 radical (unpaired) electrons. The topological polar surface area (TPSA) is 55.6 Å². The normalized spacial score (nSPS) is 12.1. The first-order chi connectivity index (χ1) is 9.83. The van der Waals surface area contributed by atoms with E-state index in [0.717, 1.165) is 11.3 Å². The summed E-state index contributed by atoms with van der Waals surface area (Å²) in [6.07, 6.45) is 7.15. The van der Waals surface area contributed by atoms with Gasteiger partial charge in [0.25, 0.3) is 0 Å². The first-order valence-electron chi connectivity index (χ1n) is 6.46. The van der Waals surface area contributed by atoms with Gasteiger partial charge in [0.1, 0.15) is 0 Å². The summed E-state index contributed by atoms with van der Waals surface area (Å²) < 4.78 is 1.84. The van der Waals surface area contributed by atoms with Gasteiger partial charge in [0, 0.05) is 24.8 Å². The van der Waals surface area contributed by atoms with Crippen LogP contribution in [0.15, 0.2) is 61.2 Å². The Morgan fingerprint density at radius 2 is 1.90 bits per heavy atom. The average Bonchev–Trinajstić information content (AvgIpc) is 3.03. The molecule has 100 valence electrons. The molecule has 0 bridgehead atoms. The quantitative estimate of drug-likeness (QED) is 0.788. The molecule has 1 atom stereocenters. The highest BCUT2D eigenvalue weighted by molar-refractivity contribution is 5.39. The molecule has 0 amide bonds. The number of anilines is 1. The molecule has 0 aliphatic carbocycles. The molecule has 5 nitrogen and oxygen atoms in total. The van der Waals surface area contributed by atoms with E-state index in [1.807, 2.05) is 29.1 Å². The van der Waals surface area contributed by atoms with E-state index in [1.165, 1.54) is 0 Å². The summed E-state index contributed by atoms with van der Waals surface area (Å²) in [4.78, 5) is 8.35. The Morgan fingerprint density at radius 1 is 1.05 bits per heavy atom. The molecule has 1 aromatic carbocycles. The molecule has 1 N–H and O–H groups in total. The third kappa shape index (κ3) is 2.66. The van der Waals surface area contributed by atoms with Crippen molar-refractivity contribution in [2.75, 3.05) is 5.32 Å². The highest BCUT2D eigenvalue weighted by Gasteiger charge is 2.07. The Kier molecular flexibility index (Phi) is 3.41. The zero-order chi connectivity index (χ0) is 13.8. The van der Waals surface area contributed by atoms with Crippen molar-refractivity contribution < 1.29 is 0 Å². The summed E-state index contributed by atoms with van der Waals surface area (Å²) in [5.41, 5.74) is 2.19. The van der Waals surface area contributed by atoms with Gasteiger partial charge in [-0.1, -0.05) is 12.1 Å². The van der Waals surface area contributed by atoms with Crippen molar-refractivity contribution in [2.45, 2.75) is 13.0 Å². The lowest BCUT2D eigenvalue weighted by Crippen LogP contribution is -2.09. The SMILES string of the molecule is CC(Nc1ncccn1)c1cccc(-n2cccn2)c1. The minimum absolute atomic E-state index is 0.118. The summed E-state index contributed by atoms with van der Waals surface area (Å²) in [5, 5.41) is 7.52. The second-order valence-electron chi connectivity index (χ2n) is 4.48. The van der Waals surface area contributed by atoms with Gasteiger partial charge in [-0.15, -0.1) is 0 Å². The van der Waals surface area contributed by atoms with Gasteiger partial charge in [-0.25, -0.2) is 14.6 Å². The van der Waals surface area contributed by atoms with E-state index < -0.39 is 0 Å². The van der Waals surface area contributed by atoms with Gasteiger partial charge >= 0.3 is 0 Å². The summed E-state index contributed by atoms with van der Waals surface area (Å²) in [7, 11) is 0. The van der Waals surface area contributed by atoms with E-state index in [1.54, 1.807) is 24.7 Å². The van der Waals surface area contributed by atoms with Crippen LogP contribution in [0.5, 0.6) is 0 Å². The van der Waals surface area contributed by atoms with Crippen LogP contribution in [-0.4, -0.2) is 19.7 Å². The van der Waals surface area contributed by atoms with E-state index in [9.17, 15) is 0 Å². The molecular weight excluding hydrogens is 250 g/mol. The van der Waals surface area contributed by atoms with E-state index in [0.29, 0.717) is 5.95 Å². The minimum atomic E-state index is 0.118. The average molecular weight is 265 g/mol. The maximum atomic E-state index is 4.24. The number of nitrogens with zero attached hydrogens (tertiary/aromatic N) is 4. The monoisotopic (exact) mass is 265 g/mol. The van der Waals surface area contributed by atoms with Gasteiger partial charge in [-0.2, -0.15) is 5.10 Å². The fourth-order valence-corrected chi connectivity index (χ4v) is 2.01. The number of rotatable bonds is 4. The van der Waals surface area contributed by atoms with E-state index >= 15 is 0 Å². The predicted octanol–water partition coefficient (Wildman–Crippen LogP) is 2.84. The Hall–Kier alpha value is -2.69. The Morgan fingerprint density at radius 3 is 2.65 bits per heavy atom. The van der Waals surface area contributed by atoms with Crippen molar-refractivity contribution in [1.29, 1.82) is 0 Å². The lowest BCUT2D eigenvalue weighted by atomic mass is 10.1. The molecule has 2 heterocycles. The van der Waals surface area contributed by atoms with Crippen LogP contribution in [0.4, 0.5) is 5.95 Å². The van der Waals surface area contributed by atoms with Crippen LogP contribution >= 0.6 is 0 Å². The molecule has 3 rings (SSSR count). The van der Waals surface area contributed by atoms with Crippen molar-refractivity contribution >= 4 is 5.95 Å². The van der Waals surface area contributed by atoms with Gasteiger partial charge in [0.2, 0.25) is 5.95 Å². The third-order valence-corrected chi connectivity index (χ3v) is 3.05. The molecule has 3 aromatic rings. The van der Waals surface area contributed by atoms with E-state index in [-0.39, 0.29) is 6.04 Å². The largest absolute Gasteiger partial charge is 0.348 e. The van der Waals surface area contributed by atoms with Crippen molar-refractivity contribution in [3.8, 4) is 5.69 Å². The van der Waals surface area contributed by atoms with Crippen molar-refractivity contribution in [3.05, 3.63) is 66.7 Å². The summed E-state index contributed by atoms with van der Waals surface area (Å²) >= 11 is 0. The summed E-state index contributed by atoms with van der Waals surface area (Å²) in [5.74, 6) is 0.629. The van der Waals surface area contributed by atoms with Crippen LogP contribution in [0.3, 0.4) is 0 Å². The van der Waals surface area contributed by atoms with Crippen molar-refractivity contribution in [2.24, 2.45) is 0 Å². The van der Waals surface area contributed by atoms with Gasteiger partial charge in [0.05, 0.1) is 11.7 Å². The smallest absolute Gasteiger partial charge is 0.223 e. The van der Waals surface area contributed by atoms with Crippen molar-refractivity contribution in [3.63, 3.8) is 0 Å². The number of benzene rings is 1. The summed E-state index contributed by atoms with van der Waals surface area (Å²) in [6, 6.07) is 12.1. The molecule has 0 saturated heterocycles. The second-order valence-corrected chi connectivity index (χ2v) is 4.48. The second kappa shape index (κ2) is 5.52. The molecule has 20 heavy (non-hydrogen) atoms. The van der Waals surface area contributed by atoms with Crippen molar-refractivity contribution in [1.82, 2.24) is 19.7 Å². The predicted molar refractivity (Wildman–Crippen MR) is 77.6 cm³/mol. The standard InChI is InChI=1S/C15H15N5/c1-12(19-15-16-7-3-8-17-15)13-5-2-6-14(11-13)20-10-4-9-18-20/h2-12H,1H3,(H,16,17,19). The van der Waals surface area contributed by atoms with Gasteiger partial charge in [-0.3, -0.25) is 0 Å². The Balaban J connectivity index is 1.82. The molecule has 0 fully saturated rings. The summed E-state index contributed by atoms with van der Waals surface area (Å²) in [6.45, 7) is 2.08. The van der Waals surface area contributed by atoms with Gasteiger partial charge < -0.3 is 5.32 Å². The van der Waals surface area contributed by atoms with Crippen LogP contribution in [0.25, 0.3) is 5.69 Å². The van der Waals surface area contributed by atoms with Crippen LogP contribution in [-0.2, 0) is 0 Å². The highest BCUT2D eigenvalue weighted by Crippen LogP contribution is 2.19. The maximum absolute atomic E-state index is 4.24. The van der Waals surface area contributed by atoms with Gasteiger partial charge in [0.15, 0.2) is 0 Å². The molecule has 1 unspecified atom stereocenters. The van der Waals surface area contributed by atoms with Crippen LogP contribution in [0.1, 0.15) is 18.5 Å². The fraction of sp³-hybridized carbons (Fsp3) is 0.133. The molecule has 0 saturated carbocycles. The highest BCUT2D eigenvalue weighted by atomic mass is 15.3. The van der Waals surface area contributed by atoms with E-state index in [4.69, 9.17) is 0 Å². The number of nitrogens with one attached hydrogen (secondary N) is 1. The van der Waals surface area contributed by atoms with Crippen LogP contribution < -0.4 is 5.32 Å². The lowest BCUT2D eigenvalue weighted by molar-refractivity contribution is 0.842. The molecule has 0 spiro atoms. The van der Waals surface area contributed by atoms with Gasteiger partial charge in [-0.05, 0) is 36.8 Å². The first kappa shape index (κ1) is 12.3. The zero-order valence-corrected chi connectivity index (χ0v) is 11.1.